The lowest BCUT2D eigenvalue weighted by Crippen LogP contribution is -2.27. The zero-order chi connectivity index (χ0) is 8.97. The van der Waals surface area contributed by atoms with E-state index in [2.05, 4.69) is 6.92 Å². The van der Waals surface area contributed by atoms with Crippen LogP contribution in [-0.4, -0.2) is 28.8 Å². The minimum absolute atomic E-state index is 0.301. The van der Waals surface area contributed by atoms with Crippen LogP contribution in [0.3, 0.4) is 0 Å². The Balaban J connectivity index is 2.13. The largest absolute Gasteiger partial charge is 0.396 e. The van der Waals surface area contributed by atoms with Crippen molar-refractivity contribution in [3.63, 3.8) is 0 Å². The fraction of sp³-hybridized carbons (Fsp3) is 1.00. The quantitative estimate of drug-likeness (QED) is 0.699. The van der Waals surface area contributed by atoms with Gasteiger partial charge in [-0.25, -0.2) is 0 Å². The van der Waals surface area contributed by atoms with Crippen LogP contribution in [0.4, 0.5) is 0 Å². The van der Waals surface area contributed by atoms with E-state index < -0.39 is 0 Å². The smallest absolute Gasteiger partial charge is 0.0464 e. The first-order chi connectivity index (χ1) is 5.74. The van der Waals surface area contributed by atoms with E-state index in [-0.39, 0.29) is 0 Å². The van der Waals surface area contributed by atoms with E-state index >= 15 is 0 Å². The molecule has 1 rings (SSSR count). The summed E-state index contributed by atoms with van der Waals surface area (Å²) in [7, 11) is 0. The van der Waals surface area contributed by atoms with E-state index in [1.807, 2.05) is 11.8 Å². The zero-order valence-corrected chi connectivity index (χ0v) is 8.52. The lowest BCUT2D eigenvalue weighted by Gasteiger charge is -2.16. The van der Waals surface area contributed by atoms with Gasteiger partial charge >= 0.3 is 0 Å². The fourth-order valence-electron chi connectivity index (χ4n) is 1.50. The number of rotatable bonds is 4. The van der Waals surface area contributed by atoms with E-state index in [0.29, 0.717) is 23.8 Å². The SMILES string of the molecule is CC(CO)CSC1CCCC1N. The third-order valence-corrected chi connectivity index (χ3v) is 4.19. The van der Waals surface area contributed by atoms with Gasteiger partial charge in [-0.3, -0.25) is 0 Å². The summed E-state index contributed by atoms with van der Waals surface area (Å²) >= 11 is 1.94. The molecule has 0 radical (unpaired) electrons. The summed E-state index contributed by atoms with van der Waals surface area (Å²) in [5, 5.41) is 9.48. The van der Waals surface area contributed by atoms with Crippen LogP contribution >= 0.6 is 11.8 Å². The maximum atomic E-state index is 8.83. The second kappa shape index (κ2) is 5.10. The van der Waals surface area contributed by atoms with Gasteiger partial charge in [-0.1, -0.05) is 13.3 Å². The summed E-state index contributed by atoms with van der Waals surface area (Å²) in [6.07, 6.45) is 3.74. The predicted molar refractivity (Wildman–Crippen MR) is 54.3 cm³/mol. The highest BCUT2D eigenvalue weighted by Gasteiger charge is 2.24. The van der Waals surface area contributed by atoms with Crippen molar-refractivity contribution in [2.45, 2.75) is 37.5 Å². The topological polar surface area (TPSA) is 46.2 Å². The summed E-state index contributed by atoms with van der Waals surface area (Å²) in [6.45, 7) is 2.38. The Morgan fingerprint density at radius 2 is 2.33 bits per heavy atom. The molecule has 2 nitrogen and oxygen atoms in total. The van der Waals surface area contributed by atoms with Crippen molar-refractivity contribution in [1.82, 2.24) is 0 Å². The molecule has 3 unspecified atom stereocenters. The second-order valence-electron chi connectivity index (χ2n) is 3.75. The fourth-order valence-corrected chi connectivity index (χ4v) is 2.90. The Morgan fingerprint density at radius 1 is 1.58 bits per heavy atom. The molecule has 3 heteroatoms. The molecule has 0 amide bonds. The van der Waals surface area contributed by atoms with Gasteiger partial charge in [0.15, 0.2) is 0 Å². The van der Waals surface area contributed by atoms with Crippen LogP contribution in [0.2, 0.25) is 0 Å². The zero-order valence-electron chi connectivity index (χ0n) is 7.70. The molecule has 0 aromatic carbocycles. The summed E-state index contributed by atoms with van der Waals surface area (Å²) in [4.78, 5) is 0. The number of aliphatic hydroxyl groups is 1. The van der Waals surface area contributed by atoms with Gasteiger partial charge in [0, 0.05) is 17.9 Å². The third-order valence-electron chi connectivity index (χ3n) is 2.41. The molecule has 0 bridgehead atoms. The standard InChI is InChI=1S/C9H19NOS/c1-7(5-11)6-12-9-4-2-3-8(9)10/h7-9,11H,2-6,10H2,1H3. The van der Waals surface area contributed by atoms with Crippen molar-refractivity contribution in [1.29, 1.82) is 0 Å². The van der Waals surface area contributed by atoms with Gasteiger partial charge in [-0.15, -0.1) is 0 Å². The molecule has 0 heterocycles. The number of hydrogen-bond acceptors (Lipinski definition) is 3. The summed E-state index contributed by atoms with van der Waals surface area (Å²) in [5.74, 6) is 1.47. The number of hydrogen-bond donors (Lipinski definition) is 2. The Kier molecular flexibility index (Phi) is 4.40. The van der Waals surface area contributed by atoms with Crippen molar-refractivity contribution < 1.29 is 5.11 Å². The van der Waals surface area contributed by atoms with Gasteiger partial charge in [0.25, 0.3) is 0 Å². The van der Waals surface area contributed by atoms with Gasteiger partial charge in [-0.05, 0) is 24.5 Å². The minimum atomic E-state index is 0.301. The summed E-state index contributed by atoms with van der Waals surface area (Å²) < 4.78 is 0. The van der Waals surface area contributed by atoms with Crippen molar-refractivity contribution in [2.24, 2.45) is 11.7 Å². The normalized spacial score (nSPS) is 32.2. The molecule has 0 aromatic heterocycles. The molecule has 0 spiro atoms. The molecule has 0 saturated heterocycles. The Bertz CT molecular complexity index is 132. The van der Waals surface area contributed by atoms with E-state index in [9.17, 15) is 0 Å². The molecule has 1 fully saturated rings. The molecule has 1 aliphatic carbocycles. The van der Waals surface area contributed by atoms with E-state index in [1.54, 1.807) is 0 Å². The van der Waals surface area contributed by atoms with Crippen LogP contribution in [-0.2, 0) is 0 Å². The average molecular weight is 189 g/mol. The highest BCUT2D eigenvalue weighted by atomic mass is 32.2. The third kappa shape index (κ3) is 2.96. The number of nitrogens with two attached hydrogens (primary N) is 1. The molecular formula is C9H19NOS. The molecule has 0 aromatic rings. The Morgan fingerprint density at radius 3 is 2.83 bits per heavy atom. The van der Waals surface area contributed by atoms with E-state index in [4.69, 9.17) is 10.8 Å². The molecule has 0 aliphatic heterocycles. The Hall–Kier alpha value is 0.270. The molecule has 3 atom stereocenters. The van der Waals surface area contributed by atoms with Gasteiger partial charge < -0.3 is 10.8 Å². The van der Waals surface area contributed by atoms with Crippen molar-refractivity contribution >= 4 is 11.8 Å². The van der Waals surface area contributed by atoms with Gasteiger partial charge in [0.1, 0.15) is 0 Å². The van der Waals surface area contributed by atoms with E-state index in [1.165, 1.54) is 19.3 Å². The molecule has 3 N–H and O–H groups in total. The van der Waals surface area contributed by atoms with Crippen LogP contribution in [0.25, 0.3) is 0 Å². The van der Waals surface area contributed by atoms with Crippen molar-refractivity contribution in [2.75, 3.05) is 12.4 Å². The maximum absolute atomic E-state index is 8.83. The minimum Gasteiger partial charge on any atom is -0.396 e. The predicted octanol–water partition coefficient (Wildman–Crippen LogP) is 1.23. The maximum Gasteiger partial charge on any atom is 0.0464 e. The van der Waals surface area contributed by atoms with Gasteiger partial charge in [0.2, 0.25) is 0 Å². The van der Waals surface area contributed by atoms with Crippen molar-refractivity contribution in [3.8, 4) is 0 Å². The number of aliphatic hydroxyl groups excluding tert-OH is 1. The first-order valence-corrected chi connectivity index (χ1v) is 5.77. The van der Waals surface area contributed by atoms with Crippen LogP contribution in [0, 0.1) is 5.92 Å². The number of thioether (sulfide) groups is 1. The first-order valence-electron chi connectivity index (χ1n) is 4.72. The highest BCUT2D eigenvalue weighted by molar-refractivity contribution is 7.99. The highest BCUT2D eigenvalue weighted by Crippen LogP contribution is 2.29. The van der Waals surface area contributed by atoms with Crippen LogP contribution in [0.15, 0.2) is 0 Å². The van der Waals surface area contributed by atoms with Crippen LogP contribution in [0.5, 0.6) is 0 Å². The molecular weight excluding hydrogens is 170 g/mol. The summed E-state index contributed by atoms with van der Waals surface area (Å²) in [6, 6.07) is 0.404. The molecule has 1 saturated carbocycles. The molecule has 1 aliphatic rings. The average Bonchev–Trinajstić information content (AvgIpc) is 2.47. The van der Waals surface area contributed by atoms with Crippen LogP contribution in [0.1, 0.15) is 26.2 Å². The molecule has 72 valence electrons. The van der Waals surface area contributed by atoms with Gasteiger partial charge in [-0.2, -0.15) is 11.8 Å². The lowest BCUT2D eigenvalue weighted by atomic mass is 10.2. The Labute approximate surface area is 78.9 Å². The first kappa shape index (κ1) is 10.4. The lowest BCUT2D eigenvalue weighted by molar-refractivity contribution is 0.250. The summed E-state index contributed by atoms with van der Waals surface area (Å²) in [5.41, 5.74) is 5.92. The van der Waals surface area contributed by atoms with Crippen molar-refractivity contribution in [3.05, 3.63) is 0 Å². The monoisotopic (exact) mass is 189 g/mol. The molecule has 12 heavy (non-hydrogen) atoms. The second-order valence-corrected chi connectivity index (χ2v) is 5.03. The van der Waals surface area contributed by atoms with Gasteiger partial charge in [0.05, 0.1) is 0 Å². The van der Waals surface area contributed by atoms with Crippen LogP contribution < -0.4 is 5.73 Å². The van der Waals surface area contributed by atoms with E-state index in [0.717, 1.165) is 5.75 Å².